The molecule has 0 bridgehead atoms. The Morgan fingerprint density at radius 1 is 1.14 bits per heavy atom. The molecule has 0 heterocycles. The van der Waals surface area contributed by atoms with E-state index in [1.54, 1.807) is 0 Å². The van der Waals surface area contributed by atoms with Crippen LogP contribution in [0.4, 0.5) is 5.69 Å². The number of carboxylic acids is 1. The zero-order valence-electron chi connectivity index (χ0n) is 16.0. The van der Waals surface area contributed by atoms with E-state index in [9.17, 15) is 4.79 Å². The molecule has 0 amide bonds. The van der Waals surface area contributed by atoms with Gasteiger partial charge in [0, 0.05) is 12.1 Å². The molecule has 0 aromatic heterocycles. The first kappa shape index (κ1) is 21.2. The van der Waals surface area contributed by atoms with Gasteiger partial charge in [-0.05, 0) is 73.9 Å². The topological polar surface area (TPSA) is 82.6 Å². The summed E-state index contributed by atoms with van der Waals surface area (Å²) >= 11 is 5.31. The maximum atomic E-state index is 10.5. The number of hydrogen-bond donors (Lipinski definition) is 4. The van der Waals surface area contributed by atoms with Gasteiger partial charge in [0.1, 0.15) is 5.75 Å². The van der Waals surface area contributed by atoms with E-state index in [0.717, 1.165) is 16.8 Å². The first-order chi connectivity index (χ1) is 13.3. The van der Waals surface area contributed by atoms with E-state index in [1.807, 2.05) is 50.2 Å². The summed E-state index contributed by atoms with van der Waals surface area (Å²) in [6, 6.07) is 13.5. The van der Waals surface area contributed by atoms with Crippen LogP contribution in [0.25, 0.3) is 5.70 Å². The molecular weight excluding hydrogens is 374 g/mol. The smallest absolute Gasteiger partial charge is 0.303 e. The van der Waals surface area contributed by atoms with Crippen LogP contribution in [0.2, 0.25) is 0 Å². The second-order valence-corrected chi connectivity index (χ2v) is 6.78. The Kier molecular flexibility index (Phi) is 7.83. The zero-order valence-corrected chi connectivity index (χ0v) is 16.9. The van der Waals surface area contributed by atoms with Crippen molar-refractivity contribution >= 4 is 34.7 Å². The van der Waals surface area contributed by atoms with Gasteiger partial charge in [-0.3, -0.25) is 15.6 Å². The third-order valence-corrected chi connectivity index (χ3v) is 4.17. The number of hydrazine groups is 1. The van der Waals surface area contributed by atoms with Crippen LogP contribution in [-0.2, 0) is 4.79 Å². The van der Waals surface area contributed by atoms with Crippen LogP contribution in [0.15, 0.2) is 49.0 Å². The summed E-state index contributed by atoms with van der Waals surface area (Å²) in [6.45, 7) is 8.43. The van der Waals surface area contributed by atoms with Gasteiger partial charge in [-0.15, -0.1) is 0 Å². The summed E-state index contributed by atoms with van der Waals surface area (Å²) < 4.78 is 5.52. The molecular formula is C21H25N3O3S. The van der Waals surface area contributed by atoms with Crippen LogP contribution in [0.1, 0.15) is 29.5 Å². The predicted molar refractivity (Wildman–Crippen MR) is 116 cm³/mol. The maximum absolute atomic E-state index is 10.5. The molecule has 0 aliphatic rings. The fourth-order valence-corrected chi connectivity index (χ4v) is 2.64. The van der Waals surface area contributed by atoms with Crippen molar-refractivity contribution < 1.29 is 14.6 Å². The first-order valence-corrected chi connectivity index (χ1v) is 9.30. The summed E-state index contributed by atoms with van der Waals surface area (Å²) in [5.41, 5.74) is 10.7. The molecule has 0 spiro atoms. The molecule has 7 heteroatoms. The fraction of sp³-hybridized carbons (Fsp3) is 0.238. The molecule has 0 aliphatic heterocycles. The van der Waals surface area contributed by atoms with E-state index in [4.69, 9.17) is 22.1 Å². The number of rotatable bonds is 9. The van der Waals surface area contributed by atoms with E-state index >= 15 is 0 Å². The van der Waals surface area contributed by atoms with Gasteiger partial charge in [-0.2, -0.15) is 0 Å². The molecule has 148 valence electrons. The summed E-state index contributed by atoms with van der Waals surface area (Å²) in [4.78, 5) is 10.5. The van der Waals surface area contributed by atoms with Crippen molar-refractivity contribution in [1.82, 2.24) is 10.9 Å². The van der Waals surface area contributed by atoms with Gasteiger partial charge in [-0.25, -0.2) is 0 Å². The normalized spacial score (nSPS) is 10.1. The van der Waals surface area contributed by atoms with Crippen LogP contribution in [0.3, 0.4) is 0 Å². The second kappa shape index (κ2) is 10.3. The van der Waals surface area contributed by atoms with Gasteiger partial charge >= 0.3 is 5.97 Å². The second-order valence-electron chi connectivity index (χ2n) is 6.37. The Morgan fingerprint density at radius 2 is 1.86 bits per heavy atom. The van der Waals surface area contributed by atoms with Crippen molar-refractivity contribution in [3.8, 4) is 5.75 Å². The van der Waals surface area contributed by atoms with Crippen molar-refractivity contribution in [3.63, 3.8) is 0 Å². The number of aryl methyl sites for hydroxylation is 2. The lowest BCUT2D eigenvalue weighted by molar-refractivity contribution is -0.137. The lowest BCUT2D eigenvalue weighted by Crippen LogP contribution is -2.38. The molecule has 6 nitrogen and oxygen atoms in total. The summed E-state index contributed by atoms with van der Waals surface area (Å²) in [6.07, 6.45) is 0.570. The van der Waals surface area contributed by atoms with Gasteiger partial charge in [-0.1, -0.05) is 24.3 Å². The monoisotopic (exact) mass is 399 g/mol. The predicted octanol–water partition coefficient (Wildman–Crippen LogP) is 4.01. The van der Waals surface area contributed by atoms with Crippen LogP contribution in [0.5, 0.6) is 5.75 Å². The Balaban J connectivity index is 1.79. The number of carbonyl (C=O) groups is 1. The number of thiocarbonyl (C=S) groups is 1. The van der Waals surface area contributed by atoms with Crippen molar-refractivity contribution in [2.45, 2.75) is 26.7 Å². The average Bonchev–Trinajstić information content (AvgIpc) is 2.66. The summed E-state index contributed by atoms with van der Waals surface area (Å²) in [5, 5.41) is 12.2. The molecule has 0 atom stereocenters. The molecule has 2 rings (SSSR count). The molecule has 2 aromatic carbocycles. The van der Waals surface area contributed by atoms with Gasteiger partial charge in [0.25, 0.3) is 0 Å². The highest BCUT2D eigenvalue weighted by atomic mass is 32.1. The number of anilines is 1. The molecule has 0 saturated carbocycles. The molecule has 0 aliphatic carbocycles. The number of nitrogens with one attached hydrogen (secondary N) is 3. The molecule has 0 radical (unpaired) electrons. The Hall–Kier alpha value is -3.06. The van der Waals surface area contributed by atoms with Gasteiger partial charge < -0.3 is 15.2 Å². The molecule has 0 unspecified atom stereocenters. The minimum Gasteiger partial charge on any atom is -0.494 e. The van der Waals surface area contributed by atoms with E-state index in [1.165, 1.54) is 5.56 Å². The standard InChI is InChI=1S/C21H25N3O3S/c1-14-6-11-19(15(2)13-14)22-21(28)24-23-16(3)17-7-9-18(10-8-17)27-12-4-5-20(25)26/h6-11,13,23H,3-5,12H2,1-2H3,(H,25,26)(H2,22,24,28). The van der Waals surface area contributed by atoms with Crippen molar-refractivity contribution in [1.29, 1.82) is 0 Å². The van der Waals surface area contributed by atoms with Crippen LogP contribution in [-0.4, -0.2) is 22.8 Å². The number of ether oxygens (including phenoxy) is 1. The molecule has 0 fully saturated rings. The SMILES string of the molecule is C=C(NNC(=S)Nc1ccc(C)cc1C)c1ccc(OCCCC(=O)O)cc1. The maximum Gasteiger partial charge on any atom is 0.303 e. The number of carboxylic acid groups (broad SMARTS) is 1. The summed E-state index contributed by atoms with van der Waals surface area (Å²) in [5.74, 6) is -0.138. The van der Waals surface area contributed by atoms with E-state index < -0.39 is 5.97 Å². The fourth-order valence-electron chi connectivity index (χ4n) is 2.48. The highest BCUT2D eigenvalue weighted by Gasteiger charge is 2.04. The third-order valence-electron chi connectivity index (χ3n) is 3.96. The van der Waals surface area contributed by atoms with E-state index in [-0.39, 0.29) is 6.42 Å². The Morgan fingerprint density at radius 3 is 2.50 bits per heavy atom. The van der Waals surface area contributed by atoms with Crippen molar-refractivity contribution in [2.75, 3.05) is 11.9 Å². The molecule has 28 heavy (non-hydrogen) atoms. The minimum atomic E-state index is -0.821. The number of aliphatic carboxylic acids is 1. The lowest BCUT2D eigenvalue weighted by atomic mass is 10.1. The average molecular weight is 400 g/mol. The van der Waals surface area contributed by atoms with Crippen LogP contribution < -0.4 is 20.9 Å². The van der Waals surface area contributed by atoms with Crippen molar-refractivity contribution in [2.24, 2.45) is 0 Å². The van der Waals surface area contributed by atoms with Gasteiger partial charge in [0.05, 0.1) is 12.3 Å². The number of hydrogen-bond acceptors (Lipinski definition) is 4. The highest BCUT2D eigenvalue weighted by molar-refractivity contribution is 7.80. The quantitative estimate of drug-likeness (QED) is 0.288. The van der Waals surface area contributed by atoms with E-state index in [2.05, 4.69) is 28.8 Å². The molecule has 4 N–H and O–H groups in total. The Labute approximate surface area is 170 Å². The van der Waals surface area contributed by atoms with Crippen molar-refractivity contribution in [3.05, 3.63) is 65.7 Å². The van der Waals surface area contributed by atoms with Gasteiger partial charge in [0.15, 0.2) is 5.11 Å². The first-order valence-electron chi connectivity index (χ1n) is 8.89. The summed E-state index contributed by atoms with van der Waals surface area (Å²) in [7, 11) is 0. The minimum absolute atomic E-state index is 0.0978. The van der Waals surface area contributed by atoms with Crippen LogP contribution in [0, 0.1) is 13.8 Å². The third kappa shape index (κ3) is 6.92. The zero-order chi connectivity index (χ0) is 20.5. The Bertz CT molecular complexity index is 850. The lowest BCUT2D eigenvalue weighted by Gasteiger charge is -2.16. The molecule has 0 saturated heterocycles. The van der Waals surface area contributed by atoms with Crippen LogP contribution >= 0.6 is 12.2 Å². The highest BCUT2D eigenvalue weighted by Crippen LogP contribution is 2.17. The van der Waals surface area contributed by atoms with Gasteiger partial charge in [0.2, 0.25) is 0 Å². The molecule has 2 aromatic rings. The van der Waals surface area contributed by atoms with E-state index in [0.29, 0.717) is 29.6 Å². The largest absolute Gasteiger partial charge is 0.494 e. The number of benzene rings is 2.